The van der Waals surface area contributed by atoms with Crippen molar-refractivity contribution >= 4 is 5.91 Å². The van der Waals surface area contributed by atoms with Gasteiger partial charge in [0, 0.05) is 13.3 Å². The van der Waals surface area contributed by atoms with E-state index in [0.717, 1.165) is 0 Å². The minimum Gasteiger partial charge on any atom is -1.00 e. The molecule has 0 saturated heterocycles. The van der Waals surface area contributed by atoms with E-state index in [1.54, 1.807) is 6.92 Å². The zero-order chi connectivity index (χ0) is 17.7. The summed E-state index contributed by atoms with van der Waals surface area (Å²) >= 11 is 0. The van der Waals surface area contributed by atoms with E-state index in [2.05, 4.69) is 5.32 Å². The van der Waals surface area contributed by atoms with Gasteiger partial charge < -0.3 is 37.9 Å². The van der Waals surface area contributed by atoms with E-state index in [1.165, 1.54) is 14.1 Å². The van der Waals surface area contributed by atoms with Crippen molar-refractivity contribution in [2.45, 2.75) is 56.8 Å². The molecule has 0 aliphatic rings. The van der Waals surface area contributed by atoms with Crippen LogP contribution < -0.4 is 17.7 Å². The Balaban J connectivity index is 0. The molecule has 0 rings (SSSR count). The summed E-state index contributed by atoms with van der Waals surface area (Å²) < 4.78 is -0.600. The summed E-state index contributed by atoms with van der Waals surface area (Å²) in [6, 6.07) is 0. The standard InChI is InChI=1S/C13H28N2O7.ClH/c1-5-6-13(2,15(3,4)22)14-12(21)11(20)10(19)9(18)8(17)7-16;/h8-11,16-20,22H,5-7H2,1-4H3;1H/t8-,9-,10+,11-,13?;/m1./s1. The van der Waals surface area contributed by atoms with Crippen LogP contribution in [0.4, 0.5) is 0 Å². The summed E-state index contributed by atoms with van der Waals surface area (Å²) in [4.78, 5) is 12.0. The van der Waals surface area contributed by atoms with Gasteiger partial charge in [0.05, 0.1) is 6.61 Å². The molecule has 0 heterocycles. The smallest absolute Gasteiger partial charge is 0.256 e. The lowest BCUT2D eigenvalue weighted by Gasteiger charge is -2.41. The lowest BCUT2D eigenvalue weighted by molar-refractivity contribution is -1.11. The van der Waals surface area contributed by atoms with Crippen LogP contribution in [-0.4, -0.2) is 92.1 Å². The minimum absolute atomic E-state index is 0. The highest BCUT2D eigenvalue weighted by atomic mass is 35.5. The van der Waals surface area contributed by atoms with Gasteiger partial charge in [-0.15, -0.1) is 0 Å². The monoisotopic (exact) mass is 360 g/mol. The first-order valence-corrected chi connectivity index (χ1v) is 7.13. The van der Waals surface area contributed by atoms with Gasteiger partial charge in [-0.1, -0.05) is 6.92 Å². The highest BCUT2D eigenvalue weighted by Crippen LogP contribution is 2.21. The van der Waals surface area contributed by atoms with Crippen LogP contribution in [0.15, 0.2) is 0 Å². The van der Waals surface area contributed by atoms with Gasteiger partial charge in [-0.2, -0.15) is 4.65 Å². The van der Waals surface area contributed by atoms with E-state index >= 15 is 0 Å². The third-order valence-corrected chi connectivity index (χ3v) is 3.86. The number of carbonyl (C=O) groups excluding carboxylic acids is 1. The lowest BCUT2D eigenvalue weighted by atomic mass is 10.0. The second-order valence-corrected chi connectivity index (χ2v) is 6.08. The molecule has 1 unspecified atom stereocenters. The normalized spacial score (nSPS) is 19.7. The summed E-state index contributed by atoms with van der Waals surface area (Å²) in [6.45, 7) is 2.60. The fourth-order valence-corrected chi connectivity index (χ4v) is 1.98. The van der Waals surface area contributed by atoms with Crippen LogP contribution in [0, 0.1) is 0 Å². The largest absolute Gasteiger partial charge is 1.00 e. The van der Waals surface area contributed by atoms with Crippen LogP contribution >= 0.6 is 0 Å². The number of nitrogens with zero attached hydrogens (tertiary/aromatic N) is 1. The van der Waals surface area contributed by atoms with E-state index in [-0.39, 0.29) is 12.4 Å². The average molecular weight is 361 g/mol. The third-order valence-electron chi connectivity index (χ3n) is 3.86. The van der Waals surface area contributed by atoms with Crippen molar-refractivity contribution in [1.29, 1.82) is 0 Å². The number of hydroxylamine groups is 3. The van der Waals surface area contributed by atoms with Crippen LogP contribution in [0.3, 0.4) is 0 Å². The summed E-state index contributed by atoms with van der Waals surface area (Å²) in [7, 11) is 2.90. The minimum atomic E-state index is -2.03. The van der Waals surface area contributed by atoms with Gasteiger partial charge in [-0.05, 0) is 6.42 Å². The molecule has 0 saturated carbocycles. The molecule has 1 amide bonds. The zero-order valence-corrected chi connectivity index (χ0v) is 14.6. The first-order valence-electron chi connectivity index (χ1n) is 7.13. The van der Waals surface area contributed by atoms with Crippen LogP contribution in [0.25, 0.3) is 0 Å². The van der Waals surface area contributed by atoms with Gasteiger partial charge in [0.15, 0.2) is 6.10 Å². The van der Waals surface area contributed by atoms with Gasteiger partial charge in [-0.3, -0.25) is 10.1 Å². The number of hydrogen-bond acceptors (Lipinski definition) is 7. The Morgan fingerprint density at radius 3 is 2.00 bits per heavy atom. The Morgan fingerprint density at radius 2 is 1.65 bits per heavy atom. The van der Waals surface area contributed by atoms with Crippen LogP contribution in [0.5, 0.6) is 0 Å². The Bertz CT molecular complexity index is 367. The molecule has 0 aromatic carbocycles. The molecule has 0 aliphatic heterocycles. The van der Waals surface area contributed by atoms with Crippen LogP contribution in [-0.2, 0) is 4.79 Å². The third kappa shape index (κ3) is 6.48. The maximum atomic E-state index is 12.0. The predicted molar refractivity (Wildman–Crippen MR) is 76.5 cm³/mol. The molecule has 140 valence electrons. The van der Waals surface area contributed by atoms with Crippen molar-refractivity contribution < 1.29 is 52.6 Å². The van der Waals surface area contributed by atoms with Gasteiger partial charge in [0.2, 0.25) is 5.66 Å². The first kappa shape index (κ1) is 24.7. The number of aliphatic hydroxyl groups is 5. The van der Waals surface area contributed by atoms with Crippen LogP contribution in [0.2, 0.25) is 0 Å². The van der Waals surface area contributed by atoms with E-state index in [1.807, 2.05) is 6.92 Å². The molecule has 0 fully saturated rings. The Kier molecular flexibility index (Phi) is 10.4. The molecule has 7 N–H and O–H groups in total. The number of aliphatic hydroxyl groups excluding tert-OH is 5. The molecule has 0 bridgehead atoms. The number of halogens is 1. The fraction of sp³-hybridized carbons (Fsp3) is 0.923. The fourth-order valence-electron chi connectivity index (χ4n) is 1.98. The van der Waals surface area contributed by atoms with Crippen molar-refractivity contribution in [2.75, 3.05) is 20.7 Å². The van der Waals surface area contributed by atoms with E-state index in [9.17, 15) is 30.4 Å². The average Bonchev–Trinajstić information content (AvgIpc) is 2.42. The number of amides is 1. The Morgan fingerprint density at radius 1 is 1.17 bits per heavy atom. The van der Waals surface area contributed by atoms with Crippen molar-refractivity contribution in [2.24, 2.45) is 0 Å². The van der Waals surface area contributed by atoms with Gasteiger partial charge in [0.25, 0.3) is 5.91 Å². The Hall–Kier alpha value is -0.520. The summed E-state index contributed by atoms with van der Waals surface area (Å²) in [5.74, 6) is -1.01. The summed E-state index contributed by atoms with van der Waals surface area (Å²) in [6.07, 6.45) is -6.55. The maximum Gasteiger partial charge on any atom is 0.256 e. The molecule has 0 radical (unpaired) electrons. The number of hydrogen-bond donors (Lipinski definition) is 7. The van der Waals surface area contributed by atoms with Gasteiger partial charge in [0.1, 0.15) is 32.4 Å². The second-order valence-electron chi connectivity index (χ2n) is 6.08. The SMILES string of the molecule is CCCC(C)(NC(=O)[C@H](O)[C@@H](O)[C@H](O)[C@H](O)CO)[N+](C)(C)O.[Cl-]. The first-order chi connectivity index (χ1) is 9.91. The quantitative estimate of drug-likeness (QED) is 0.123. The van der Waals surface area contributed by atoms with Crippen molar-refractivity contribution in [3.05, 3.63) is 0 Å². The zero-order valence-electron chi connectivity index (χ0n) is 13.8. The van der Waals surface area contributed by atoms with Crippen molar-refractivity contribution in [3.8, 4) is 0 Å². The van der Waals surface area contributed by atoms with E-state index in [0.29, 0.717) is 12.8 Å². The van der Waals surface area contributed by atoms with Crippen molar-refractivity contribution in [3.63, 3.8) is 0 Å². The number of rotatable bonds is 9. The molecule has 0 aliphatic carbocycles. The molecule has 0 aromatic heterocycles. The van der Waals surface area contributed by atoms with Crippen molar-refractivity contribution in [1.82, 2.24) is 5.32 Å². The molecule has 0 aromatic rings. The molecule has 10 heteroatoms. The lowest BCUT2D eigenvalue weighted by Crippen LogP contribution is -3.00. The topological polar surface area (TPSA) is 150 Å². The number of nitrogens with one attached hydrogen (secondary N) is 1. The van der Waals surface area contributed by atoms with E-state index < -0.39 is 47.2 Å². The molecule has 0 spiro atoms. The molecular weight excluding hydrogens is 332 g/mol. The highest BCUT2D eigenvalue weighted by Gasteiger charge is 2.44. The second kappa shape index (κ2) is 9.70. The Labute approximate surface area is 142 Å². The van der Waals surface area contributed by atoms with Gasteiger partial charge in [-0.25, -0.2) is 5.21 Å². The molecule has 9 nitrogen and oxygen atoms in total. The van der Waals surface area contributed by atoms with E-state index in [4.69, 9.17) is 5.11 Å². The molecular formula is C13H29ClN2O7. The predicted octanol–water partition coefficient (Wildman–Crippen LogP) is -5.48. The highest BCUT2D eigenvalue weighted by molar-refractivity contribution is 5.81. The maximum absolute atomic E-state index is 12.0. The number of quaternary nitrogens is 1. The van der Waals surface area contributed by atoms with Crippen LogP contribution in [0.1, 0.15) is 26.7 Å². The van der Waals surface area contributed by atoms with Gasteiger partial charge >= 0.3 is 0 Å². The molecule has 5 atom stereocenters. The summed E-state index contributed by atoms with van der Waals surface area (Å²) in [5, 5.41) is 59.5. The number of carbonyl (C=O) groups is 1. The molecule has 23 heavy (non-hydrogen) atoms. The summed E-state index contributed by atoms with van der Waals surface area (Å²) in [5.41, 5.74) is -1.12.